The van der Waals surface area contributed by atoms with E-state index in [-0.39, 0.29) is 0 Å². The van der Waals surface area contributed by atoms with Crippen molar-refractivity contribution in [1.82, 2.24) is 10.2 Å². The Morgan fingerprint density at radius 3 is 2.50 bits per heavy atom. The number of ether oxygens (including phenoxy) is 1. The maximum Gasteiger partial charge on any atom is 0.0726 e. The summed E-state index contributed by atoms with van der Waals surface area (Å²) < 4.78 is 5.85. The van der Waals surface area contributed by atoms with Gasteiger partial charge in [-0.1, -0.05) is 12.2 Å². The highest BCUT2D eigenvalue weighted by Crippen LogP contribution is 2.23. The van der Waals surface area contributed by atoms with Crippen LogP contribution in [0.15, 0.2) is 35.7 Å². The molecule has 3 aliphatic rings. The smallest absolute Gasteiger partial charge is 0.0726 e. The highest BCUT2D eigenvalue weighted by molar-refractivity contribution is 5.31. The molecule has 3 N–H and O–H groups in total. The highest BCUT2D eigenvalue weighted by atomic mass is 16.5. The molecular formula is C20H33N3O. The van der Waals surface area contributed by atoms with E-state index >= 15 is 0 Å². The minimum atomic E-state index is 0.300. The molecular weight excluding hydrogens is 298 g/mol. The standard InChI is InChI=1S/C20H33N3O/c1-15-13-23(14-16(2)24-15)20-5-3-4-19(10-11-20)22-12-17-6-8-18(21)9-7-17/h4-5,10-11,15-18,22H,3,6-9,12-14,21H2,1-2H3. The molecule has 2 unspecified atom stereocenters. The summed E-state index contributed by atoms with van der Waals surface area (Å²) in [4.78, 5) is 2.45. The molecule has 3 rings (SSSR count). The third kappa shape index (κ3) is 4.87. The molecule has 2 aliphatic carbocycles. The number of hydrogen-bond donors (Lipinski definition) is 2. The number of nitrogens with one attached hydrogen (secondary N) is 1. The highest BCUT2D eigenvalue weighted by Gasteiger charge is 2.23. The van der Waals surface area contributed by atoms with Crippen molar-refractivity contribution in [3.8, 4) is 0 Å². The largest absolute Gasteiger partial charge is 0.385 e. The molecule has 4 nitrogen and oxygen atoms in total. The monoisotopic (exact) mass is 331 g/mol. The summed E-state index contributed by atoms with van der Waals surface area (Å²) in [5, 5.41) is 3.64. The molecule has 1 saturated carbocycles. The van der Waals surface area contributed by atoms with Gasteiger partial charge in [0.05, 0.1) is 12.2 Å². The van der Waals surface area contributed by atoms with E-state index in [0.717, 1.165) is 32.0 Å². The van der Waals surface area contributed by atoms with E-state index in [2.05, 4.69) is 48.4 Å². The summed E-state index contributed by atoms with van der Waals surface area (Å²) >= 11 is 0. The number of morpholine rings is 1. The van der Waals surface area contributed by atoms with Crippen LogP contribution in [0.2, 0.25) is 0 Å². The van der Waals surface area contributed by atoms with Crippen molar-refractivity contribution in [3.05, 3.63) is 35.7 Å². The van der Waals surface area contributed by atoms with Gasteiger partial charge in [0.2, 0.25) is 0 Å². The zero-order valence-corrected chi connectivity index (χ0v) is 15.2. The first-order valence-corrected chi connectivity index (χ1v) is 9.58. The predicted molar refractivity (Wildman–Crippen MR) is 99.4 cm³/mol. The quantitative estimate of drug-likeness (QED) is 0.832. The number of nitrogens with zero attached hydrogens (tertiary/aromatic N) is 1. The SMILES string of the molecule is CC1CN(C2=CCC=C(NCC3CCC(N)CC3)C=C2)CC(C)O1. The van der Waals surface area contributed by atoms with Crippen LogP contribution in [0, 0.1) is 5.92 Å². The van der Waals surface area contributed by atoms with E-state index in [4.69, 9.17) is 10.5 Å². The zero-order chi connectivity index (χ0) is 16.9. The molecule has 24 heavy (non-hydrogen) atoms. The number of nitrogens with two attached hydrogens (primary N) is 1. The molecule has 0 aromatic rings. The molecule has 0 spiro atoms. The van der Waals surface area contributed by atoms with Crippen LogP contribution in [0.1, 0.15) is 46.0 Å². The van der Waals surface area contributed by atoms with Crippen molar-refractivity contribution in [2.24, 2.45) is 11.7 Å². The van der Waals surface area contributed by atoms with Crippen molar-refractivity contribution < 1.29 is 4.74 Å². The van der Waals surface area contributed by atoms with Gasteiger partial charge in [-0.3, -0.25) is 0 Å². The number of rotatable bonds is 4. The minimum absolute atomic E-state index is 0.300. The van der Waals surface area contributed by atoms with E-state index in [9.17, 15) is 0 Å². The Morgan fingerprint density at radius 1 is 1.08 bits per heavy atom. The maximum absolute atomic E-state index is 6.00. The average molecular weight is 332 g/mol. The van der Waals surface area contributed by atoms with Crippen molar-refractivity contribution in [1.29, 1.82) is 0 Å². The molecule has 4 heteroatoms. The molecule has 134 valence electrons. The summed E-state index contributed by atoms with van der Waals surface area (Å²) in [6, 6.07) is 0.434. The second kappa shape index (κ2) is 8.21. The van der Waals surface area contributed by atoms with Crippen LogP contribution < -0.4 is 11.1 Å². The van der Waals surface area contributed by atoms with Gasteiger partial charge in [0.25, 0.3) is 0 Å². The van der Waals surface area contributed by atoms with Gasteiger partial charge in [-0.05, 0) is 64.0 Å². The third-order valence-corrected chi connectivity index (χ3v) is 5.37. The van der Waals surface area contributed by atoms with Crippen LogP contribution in [-0.2, 0) is 4.74 Å². The van der Waals surface area contributed by atoms with Crippen LogP contribution >= 0.6 is 0 Å². The van der Waals surface area contributed by atoms with Gasteiger partial charge >= 0.3 is 0 Å². The lowest BCUT2D eigenvalue weighted by Crippen LogP contribution is -2.44. The van der Waals surface area contributed by atoms with Crippen LogP contribution in [-0.4, -0.2) is 42.8 Å². The summed E-state index contributed by atoms with van der Waals surface area (Å²) in [6.07, 6.45) is 15.6. The number of allylic oxidation sites excluding steroid dienone is 4. The Balaban J connectivity index is 1.49. The fourth-order valence-electron chi connectivity index (χ4n) is 4.03. The topological polar surface area (TPSA) is 50.5 Å². The molecule has 0 amide bonds. The van der Waals surface area contributed by atoms with E-state index < -0.39 is 0 Å². The summed E-state index contributed by atoms with van der Waals surface area (Å²) in [5.74, 6) is 0.774. The second-order valence-corrected chi connectivity index (χ2v) is 7.68. The average Bonchev–Trinajstić information content (AvgIpc) is 2.79. The van der Waals surface area contributed by atoms with Gasteiger partial charge in [-0.15, -0.1) is 0 Å². The van der Waals surface area contributed by atoms with Gasteiger partial charge in [0.15, 0.2) is 0 Å². The Morgan fingerprint density at radius 2 is 1.79 bits per heavy atom. The molecule has 0 aromatic carbocycles. The summed E-state index contributed by atoms with van der Waals surface area (Å²) in [6.45, 7) is 7.34. The van der Waals surface area contributed by atoms with E-state index in [1.165, 1.54) is 37.1 Å². The van der Waals surface area contributed by atoms with Crippen molar-refractivity contribution in [2.75, 3.05) is 19.6 Å². The van der Waals surface area contributed by atoms with E-state index in [1.54, 1.807) is 0 Å². The van der Waals surface area contributed by atoms with Crippen LogP contribution in [0.3, 0.4) is 0 Å². The van der Waals surface area contributed by atoms with Crippen LogP contribution in [0.5, 0.6) is 0 Å². The fourth-order valence-corrected chi connectivity index (χ4v) is 4.03. The minimum Gasteiger partial charge on any atom is -0.385 e. The Labute approximate surface area is 146 Å². The van der Waals surface area contributed by atoms with Gasteiger partial charge < -0.3 is 20.7 Å². The lowest BCUT2D eigenvalue weighted by Gasteiger charge is -2.37. The van der Waals surface area contributed by atoms with Crippen LogP contribution in [0.4, 0.5) is 0 Å². The molecule has 1 heterocycles. The normalized spacial score (nSPS) is 34.4. The molecule has 1 saturated heterocycles. The van der Waals surface area contributed by atoms with E-state index in [0.29, 0.717) is 18.2 Å². The summed E-state index contributed by atoms with van der Waals surface area (Å²) in [7, 11) is 0. The molecule has 0 aromatic heterocycles. The third-order valence-electron chi connectivity index (χ3n) is 5.37. The molecule has 2 atom stereocenters. The van der Waals surface area contributed by atoms with Crippen LogP contribution in [0.25, 0.3) is 0 Å². The lowest BCUT2D eigenvalue weighted by molar-refractivity contribution is -0.0567. The first-order chi connectivity index (χ1) is 11.6. The van der Waals surface area contributed by atoms with Crippen molar-refractivity contribution in [3.63, 3.8) is 0 Å². The van der Waals surface area contributed by atoms with Crippen molar-refractivity contribution >= 4 is 0 Å². The Bertz CT molecular complexity index is 493. The maximum atomic E-state index is 6.00. The number of hydrogen-bond acceptors (Lipinski definition) is 4. The zero-order valence-electron chi connectivity index (χ0n) is 15.2. The Kier molecular flexibility index (Phi) is 6.01. The fraction of sp³-hybridized carbons (Fsp3) is 0.700. The first-order valence-electron chi connectivity index (χ1n) is 9.58. The Hall–Kier alpha value is -1.26. The molecule has 1 aliphatic heterocycles. The van der Waals surface area contributed by atoms with Gasteiger partial charge in [0.1, 0.15) is 0 Å². The van der Waals surface area contributed by atoms with Crippen molar-refractivity contribution in [2.45, 2.75) is 64.2 Å². The van der Waals surface area contributed by atoms with E-state index in [1.807, 2.05) is 0 Å². The lowest BCUT2D eigenvalue weighted by atomic mass is 9.86. The van der Waals surface area contributed by atoms with Gasteiger partial charge in [-0.25, -0.2) is 0 Å². The first kappa shape index (κ1) is 17.6. The predicted octanol–water partition coefficient (Wildman–Crippen LogP) is 2.93. The second-order valence-electron chi connectivity index (χ2n) is 7.68. The molecule has 0 radical (unpaired) electrons. The summed E-state index contributed by atoms with van der Waals surface area (Å²) in [5.41, 5.74) is 8.58. The molecule has 0 bridgehead atoms. The van der Waals surface area contributed by atoms with Gasteiger partial charge in [0, 0.05) is 37.1 Å². The molecule has 2 fully saturated rings. The van der Waals surface area contributed by atoms with Gasteiger partial charge in [-0.2, -0.15) is 0 Å².